The highest BCUT2D eigenvalue weighted by molar-refractivity contribution is 5.79. The number of carbonyl (C=O) groups excluding carboxylic acids is 1. The predicted molar refractivity (Wildman–Crippen MR) is 114 cm³/mol. The van der Waals surface area contributed by atoms with Gasteiger partial charge in [0.15, 0.2) is 0 Å². The van der Waals surface area contributed by atoms with Gasteiger partial charge in [-0.3, -0.25) is 4.79 Å². The Labute approximate surface area is 184 Å². The number of methoxy groups -OCH3 is 1. The quantitative estimate of drug-likeness (QED) is 0.677. The molecule has 31 heavy (non-hydrogen) atoms. The Morgan fingerprint density at radius 3 is 1.87 bits per heavy atom. The van der Waals surface area contributed by atoms with Gasteiger partial charge in [-0.2, -0.15) is 0 Å². The summed E-state index contributed by atoms with van der Waals surface area (Å²) < 4.78 is 12.2. The Hall–Kier alpha value is -1.51. The van der Waals surface area contributed by atoms with Gasteiger partial charge in [0.2, 0.25) is 0 Å². The highest BCUT2D eigenvalue weighted by Gasteiger charge is 2.89. The lowest BCUT2D eigenvalue weighted by atomic mass is 9.62. The van der Waals surface area contributed by atoms with Gasteiger partial charge in [-0.15, -0.1) is 0 Å². The Balaban J connectivity index is 1.25. The summed E-state index contributed by atoms with van der Waals surface area (Å²) in [7, 11) is 1.64. The molecule has 8 saturated carbocycles. The maximum absolute atomic E-state index is 13.9. The van der Waals surface area contributed by atoms with E-state index in [-0.39, 0.29) is 5.97 Å². The van der Waals surface area contributed by atoms with Gasteiger partial charge in [-0.25, -0.2) is 0 Å². The maximum atomic E-state index is 13.9. The van der Waals surface area contributed by atoms with Crippen molar-refractivity contribution in [1.29, 1.82) is 0 Å². The van der Waals surface area contributed by atoms with Crippen molar-refractivity contribution in [1.82, 2.24) is 0 Å². The molecule has 0 aliphatic heterocycles. The van der Waals surface area contributed by atoms with Crippen LogP contribution in [0.25, 0.3) is 0 Å². The standard InChI is InChI=1S/C28H32O3/c1-30-27(29)28(11-31-12-5-3-2-4-6-12)25-15-9-7-13-17-14-8-10-16-19(14)22-20(17)21(18(13)15)23(25)24(22)26(16)28/h2-6,13-26H,7-11H2,1H3/t13?,14?,15-,16?,17?,18?,19?,20?,21?,22+,23?,24-,25+,26?,28?/m0/s1. The number of ether oxygens (including phenoxy) is 2. The van der Waals surface area contributed by atoms with E-state index in [1.54, 1.807) is 7.11 Å². The zero-order valence-electron chi connectivity index (χ0n) is 18.2. The van der Waals surface area contributed by atoms with Gasteiger partial charge in [-0.1, -0.05) is 18.2 Å². The molecule has 1 aromatic carbocycles. The van der Waals surface area contributed by atoms with Crippen LogP contribution in [-0.2, 0) is 9.53 Å². The first-order chi connectivity index (χ1) is 15.3. The van der Waals surface area contributed by atoms with E-state index < -0.39 is 5.41 Å². The third-order valence-electron chi connectivity index (χ3n) is 12.9. The van der Waals surface area contributed by atoms with Crippen LogP contribution in [0.15, 0.2) is 30.3 Å². The van der Waals surface area contributed by atoms with Crippen LogP contribution in [0.4, 0.5) is 0 Å². The van der Waals surface area contributed by atoms with Crippen LogP contribution >= 0.6 is 0 Å². The topological polar surface area (TPSA) is 35.5 Å². The molecule has 0 aromatic heterocycles. The summed E-state index contributed by atoms with van der Waals surface area (Å²) in [5.41, 5.74) is -0.409. The third kappa shape index (κ3) is 1.53. The minimum absolute atomic E-state index is 0.0766. The fraction of sp³-hybridized carbons (Fsp3) is 0.750. The van der Waals surface area contributed by atoms with E-state index in [1.165, 1.54) is 25.7 Å². The molecule has 3 nitrogen and oxygen atoms in total. The lowest BCUT2D eigenvalue weighted by molar-refractivity contribution is -0.165. The Bertz CT molecular complexity index is 941. The van der Waals surface area contributed by atoms with Crippen LogP contribution in [0.1, 0.15) is 25.7 Å². The molecule has 162 valence electrons. The Morgan fingerprint density at radius 1 is 0.774 bits per heavy atom. The molecule has 0 amide bonds. The molecule has 8 aliphatic rings. The second-order valence-electron chi connectivity index (χ2n) is 12.6. The lowest BCUT2D eigenvalue weighted by Gasteiger charge is -2.42. The molecule has 0 radical (unpaired) electrons. The average Bonchev–Trinajstić information content (AvgIpc) is 3.58. The van der Waals surface area contributed by atoms with Crippen molar-refractivity contribution >= 4 is 5.97 Å². The number of hydrogen-bond donors (Lipinski definition) is 0. The number of benzene rings is 1. The van der Waals surface area contributed by atoms with Gasteiger partial charge < -0.3 is 9.47 Å². The monoisotopic (exact) mass is 416 g/mol. The molecule has 0 heterocycles. The first-order valence-electron chi connectivity index (χ1n) is 13.0. The molecular weight excluding hydrogens is 384 g/mol. The minimum atomic E-state index is -0.409. The number of hydrogen-bond acceptors (Lipinski definition) is 3. The smallest absolute Gasteiger partial charge is 0.315 e. The highest BCUT2D eigenvalue weighted by atomic mass is 16.5. The summed E-state index contributed by atoms with van der Waals surface area (Å²) in [5, 5.41) is 0. The summed E-state index contributed by atoms with van der Waals surface area (Å²) in [6, 6.07) is 10.2. The van der Waals surface area contributed by atoms with Crippen molar-refractivity contribution in [2.75, 3.05) is 13.7 Å². The first kappa shape index (κ1) is 17.0. The van der Waals surface area contributed by atoms with Gasteiger partial charge in [0, 0.05) is 0 Å². The van der Waals surface area contributed by atoms with Crippen LogP contribution in [0, 0.1) is 88.3 Å². The number of carbonyl (C=O) groups is 1. The second-order valence-corrected chi connectivity index (χ2v) is 12.6. The van der Waals surface area contributed by atoms with Gasteiger partial charge >= 0.3 is 5.97 Å². The molecular formula is C28H32O3. The van der Waals surface area contributed by atoms with E-state index in [9.17, 15) is 4.79 Å². The van der Waals surface area contributed by atoms with Crippen LogP contribution in [0.3, 0.4) is 0 Å². The van der Waals surface area contributed by atoms with Gasteiger partial charge in [0.1, 0.15) is 17.8 Å². The summed E-state index contributed by atoms with van der Waals surface area (Å²) in [6.45, 7) is 0.543. The van der Waals surface area contributed by atoms with E-state index in [1.807, 2.05) is 30.3 Å². The molecule has 8 aliphatic carbocycles. The maximum Gasteiger partial charge on any atom is 0.315 e. The van der Waals surface area contributed by atoms with Crippen molar-refractivity contribution in [3.63, 3.8) is 0 Å². The summed E-state index contributed by atoms with van der Waals surface area (Å²) >= 11 is 0. The fourth-order valence-corrected chi connectivity index (χ4v) is 13.4. The van der Waals surface area contributed by atoms with Crippen LogP contribution < -0.4 is 4.74 Å². The van der Waals surface area contributed by atoms with E-state index in [0.717, 1.165) is 76.8 Å². The van der Waals surface area contributed by atoms with E-state index in [2.05, 4.69) is 0 Å². The summed E-state index contributed by atoms with van der Waals surface area (Å²) in [6.07, 6.45) is 5.63. The number of fused-ring (bicyclic) bond motifs is 4. The van der Waals surface area contributed by atoms with Crippen LogP contribution in [0.5, 0.6) is 5.75 Å². The zero-order chi connectivity index (χ0) is 20.2. The van der Waals surface area contributed by atoms with E-state index in [4.69, 9.17) is 9.47 Å². The molecule has 3 heteroatoms. The van der Waals surface area contributed by atoms with Crippen molar-refractivity contribution < 1.29 is 14.3 Å². The SMILES string of the molecule is COC(=O)C1(COc2ccccc2)C2C3CCC4C5C6CC[C@H]7C6C6C5[C@@H](C43)[C@H]2C6[C@@H]71. The molecule has 0 N–H and O–H groups in total. The molecule has 9 rings (SSSR count). The van der Waals surface area contributed by atoms with Crippen molar-refractivity contribution in [3.05, 3.63) is 30.3 Å². The minimum Gasteiger partial charge on any atom is -0.492 e. The normalized spacial score (nSPS) is 61.6. The van der Waals surface area contributed by atoms with E-state index in [0.29, 0.717) is 18.4 Å². The Morgan fingerprint density at radius 2 is 1.29 bits per heavy atom. The number of rotatable bonds is 4. The largest absolute Gasteiger partial charge is 0.492 e. The molecule has 8 fully saturated rings. The zero-order valence-corrected chi connectivity index (χ0v) is 18.2. The second kappa shape index (κ2) is 5.18. The molecule has 0 bridgehead atoms. The van der Waals surface area contributed by atoms with Gasteiger partial charge in [0.25, 0.3) is 0 Å². The molecule has 0 saturated heterocycles. The molecule has 1 aromatic rings. The van der Waals surface area contributed by atoms with E-state index >= 15 is 0 Å². The summed E-state index contributed by atoms with van der Waals surface area (Å²) in [4.78, 5) is 13.9. The third-order valence-corrected chi connectivity index (χ3v) is 12.9. The average molecular weight is 417 g/mol. The van der Waals surface area contributed by atoms with Crippen molar-refractivity contribution in [2.24, 2.45) is 88.3 Å². The number of para-hydroxylation sites is 1. The first-order valence-corrected chi connectivity index (χ1v) is 13.0. The fourth-order valence-electron chi connectivity index (χ4n) is 13.4. The van der Waals surface area contributed by atoms with Gasteiger partial charge in [-0.05, 0) is 121 Å². The van der Waals surface area contributed by atoms with Gasteiger partial charge in [0.05, 0.1) is 7.11 Å². The lowest BCUT2D eigenvalue weighted by Crippen LogP contribution is -2.50. The number of esters is 1. The Kier molecular flexibility index (Phi) is 2.84. The molecule has 15 atom stereocenters. The van der Waals surface area contributed by atoms with Crippen LogP contribution in [0.2, 0.25) is 0 Å². The predicted octanol–water partition coefficient (Wildman–Crippen LogP) is 4.52. The summed E-state index contributed by atoms with van der Waals surface area (Å²) in [5.74, 6) is 13.0. The molecule has 0 spiro atoms. The van der Waals surface area contributed by atoms with Crippen molar-refractivity contribution in [2.45, 2.75) is 25.7 Å². The highest BCUT2D eigenvalue weighted by Crippen LogP contribution is 2.90. The van der Waals surface area contributed by atoms with Crippen molar-refractivity contribution in [3.8, 4) is 5.75 Å². The van der Waals surface area contributed by atoms with Crippen LogP contribution in [-0.4, -0.2) is 19.7 Å². The molecule has 11 unspecified atom stereocenters.